The molecule has 5 heteroatoms. The fraction of sp³-hybridized carbons (Fsp3) is 0. The average molecular weight is 173 g/mol. The largest absolute Gasteiger partial charge is 0.350 e. The minimum absolute atomic E-state index is 0.220. The van der Waals surface area contributed by atoms with E-state index in [1.807, 2.05) is 0 Å². The zero-order valence-electron chi connectivity index (χ0n) is 5.56. The van der Waals surface area contributed by atoms with Gasteiger partial charge in [0.2, 0.25) is 0 Å². The molecule has 0 fully saturated rings. The molecule has 1 heterocycles. The number of nitrogens with one attached hydrogen (secondary N) is 1. The smallest absolute Gasteiger partial charge is 0.310 e. The van der Waals surface area contributed by atoms with Crippen LogP contribution in [0.15, 0.2) is 35.5 Å². The fourth-order valence-electron chi connectivity index (χ4n) is 0.601. The van der Waals surface area contributed by atoms with E-state index in [2.05, 4.69) is 5.32 Å². The third-order valence-corrected chi connectivity index (χ3v) is 1.88. The van der Waals surface area contributed by atoms with E-state index in [1.165, 1.54) is 18.4 Å². The van der Waals surface area contributed by atoms with E-state index in [0.717, 1.165) is 0 Å². The first kappa shape index (κ1) is 8.03. The molecular formula is C6H7NO3S. The lowest BCUT2D eigenvalue weighted by Crippen LogP contribution is -2.14. The van der Waals surface area contributed by atoms with Gasteiger partial charge in [-0.3, -0.25) is 4.55 Å². The molecule has 0 aromatic carbocycles. The van der Waals surface area contributed by atoms with Crippen molar-refractivity contribution in [3.63, 3.8) is 0 Å². The van der Waals surface area contributed by atoms with Crippen LogP contribution in [0.3, 0.4) is 0 Å². The Morgan fingerprint density at radius 2 is 2.00 bits per heavy atom. The van der Waals surface area contributed by atoms with Gasteiger partial charge in [-0.15, -0.1) is 0 Å². The average Bonchev–Trinajstić information content (AvgIpc) is 2.10. The van der Waals surface area contributed by atoms with Crippen LogP contribution in [0.25, 0.3) is 0 Å². The summed E-state index contributed by atoms with van der Waals surface area (Å²) in [7, 11) is -4.10. The highest BCUT2D eigenvalue weighted by Gasteiger charge is 2.10. The highest BCUT2D eigenvalue weighted by Crippen LogP contribution is 2.02. The van der Waals surface area contributed by atoms with E-state index in [0.29, 0.717) is 0 Å². The summed E-state index contributed by atoms with van der Waals surface area (Å²) >= 11 is 0. The fourth-order valence-corrected chi connectivity index (χ4v) is 1.07. The standard InChI is InChI=1S/C6H7NO3S/c8-11(9,10)6-4-2-1-3-5-7-6/h1-5,7H,(H,8,9,10). The maximum atomic E-state index is 10.5. The van der Waals surface area contributed by atoms with Crippen LogP contribution >= 0.6 is 0 Å². The predicted molar refractivity (Wildman–Crippen MR) is 41.0 cm³/mol. The van der Waals surface area contributed by atoms with Gasteiger partial charge in [-0.25, -0.2) is 0 Å². The van der Waals surface area contributed by atoms with Crippen LogP contribution in [-0.4, -0.2) is 13.0 Å². The molecule has 0 aromatic rings. The summed E-state index contributed by atoms with van der Waals surface area (Å²) in [6.45, 7) is 0. The third-order valence-electron chi connectivity index (χ3n) is 1.07. The Morgan fingerprint density at radius 3 is 2.64 bits per heavy atom. The van der Waals surface area contributed by atoms with Crippen LogP contribution in [0.2, 0.25) is 0 Å². The molecule has 0 saturated heterocycles. The van der Waals surface area contributed by atoms with Gasteiger partial charge in [0.25, 0.3) is 0 Å². The first-order valence-electron chi connectivity index (χ1n) is 2.88. The van der Waals surface area contributed by atoms with E-state index in [1.54, 1.807) is 12.2 Å². The van der Waals surface area contributed by atoms with Crippen molar-refractivity contribution in [2.75, 3.05) is 0 Å². The second-order valence-electron chi connectivity index (χ2n) is 1.89. The van der Waals surface area contributed by atoms with Crippen molar-refractivity contribution in [1.82, 2.24) is 5.32 Å². The van der Waals surface area contributed by atoms with Crippen LogP contribution in [0.5, 0.6) is 0 Å². The molecule has 0 radical (unpaired) electrons. The van der Waals surface area contributed by atoms with Crippen molar-refractivity contribution in [1.29, 1.82) is 0 Å². The quantitative estimate of drug-likeness (QED) is 0.563. The lowest BCUT2D eigenvalue weighted by atomic mass is 10.5. The number of hydrogen-bond donors (Lipinski definition) is 2. The minimum Gasteiger partial charge on any atom is -0.350 e. The lowest BCUT2D eigenvalue weighted by Gasteiger charge is -1.99. The molecule has 11 heavy (non-hydrogen) atoms. The number of hydrogen-bond acceptors (Lipinski definition) is 3. The van der Waals surface area contributed by atoms with Crippen molar-refractivity contribution in [2.45, 2.75) is 0 Å². The normalized spacial score (nSPS) is 17.0. The maximum Gasteiger partial charge on any atom is 0.310 e. The molecule has 2 N–H and O–H groups in total. The van der Waals surface area contributed by atoms with Crippen LogP contribution in [0, 0.1) is 0 Å². The van der Waals surface area contributed by atoms with Gasteiger partial charge >= 0.3 is 10.1 Å². The summed E-state index contributed by atoms with van der Waals surface area (Å²) in [6.07, 6.45) is 7.47. The van der Waals surface area contributed by atoms with Crippen LogP contribution in [-0.2, 0) is 10.1 Å². The predicted octanol–water partition coefficient (Wildman–Crippen LogP) is 0.389. The van der Waals surface area contributed by atoms with Crippen LogP contribution in [0.1, 0.15) is 0 Å². The Hall–Kier alpha value is -1.07. The summed E-state index contributed by atoms with van der Waals surface area (Å²) in [5.74, 6) is 0. The first-order chi connectivity index (χ1) is 5.11. The van der Waals surface area contributed by atoms with Gasteiger partial charge in [0.05, 0.1) is 0 Å². The zero-order chi connectivity index (χ0) is 8.32. The molecule has 1 rings (SSSR count). The monoisotopic (exact) mass is 173 g/mol. The maximum absolute atomic E-state index is 10.5. The molecule has 1 aliphatic heterocycles. The second kappa shape index (κ2) is 2.89. The Balaban J connectivity index is 2.99. The number of allylic oxidation sites excluding steroid dienone is 4. The minimum atomic E-state index is -4.10. The molecule has 0 amide bonds. The second-order valence-corrected chi connectivity index (χ2v) is 3.28. The van der Waals surface area contributed by atoms with Gasteiger partial charge in [0, 0.05) is 6.20 Å². The third kappa shape index (κ3) is 2.21. The van der Waals surface area contributed by atoms with Crippen molar-refractivity contribution in [2.24, 2.45) is 0 Å². The van der Waals surface area contributed by atoms with Gasteiger partial charge in [-0.05, 0) is 12.2 Å². The van der Waals surface area contributed by atoms with E-state index >= 15 is 0 Å². The van der Waals surface area contributed by atoms with Crippen LogP contribution < -0.4 is 5.32 Å². The van der Waals surface area contributed by atoms with Crippen molar-refractivity contribution in [3.8, 4) is 0 Å². The molecule has 0 atom stereocenters. The summed E-state index contributed by atoms with van der Waals surface area (Å²) < 4.78 is 29.5. The molecular weight excluding hydrogens is 166 g/mol. The summed E-state index contributed by atoms with van der Waals surface area (Å²) in [6, 6.07) is 0. The Morgan fingerprint density at radius 1 is 1.27 bits per heavy atom. The molecule has 0 aliphatic carbocycles. The Labute approximate surface area is 64.7 Å². The Kier molecular flexibility index (Phi) is 2.11. The van der Waals surface area contributed by atoms with Gasteiger partial charge in [-0.2, -0.15) is 8.42 Å². The summed E-state index contributed by atoms with van der Waals surface area (Å²) in [4.78, 5) is 0. The van der Waals surface area contributed by atoms with Crippen LogP contribution in [0.4, 0.5) is 0 Å². The molecule has 4 nitrogen and oxygen atoms in total. The molecule has 0 aromatic heterocycles. The highest BCUT2D eigenvalue weighted by molar-refractivity contribution is 7.89. The van der Waals surface area contributed by atoms with Crippen molar-refractivity contribution in [3.05, 3.63) is 35.5 Å². The lowest BCUT2D eigenvalue weighted by molar-refractivity contribution is 0.488. The van der Waals surface area contributed by atoms with E-state index in [-0.39, 0.29) is 5.03 Å². The Bertz CT molecular complexity index is 324. The van der Waals surface area contributed by atoms with E-state index in [4.69, 9.17) is 4.55 Å². The zero-order valence-corrected chi connectivity index (χ0v) is 6.38. The SMILES string of the molecule is O=S(=O)(O)C1=CC=CC=CN1. The van der Waals surface area contributed by atoms with Gasteiger partial charge < -0.3 is 5.32 Å². The van der Waals surface area contributed by atoms with Gasteiger partial charge in [0.15, 0.2) is 5.03 Å². The highest BCUT2D eigenvalue weighted by atomic mass is 32.2. The topological polar surface area (TPSA) is 66.4 Å². The first-order valence-corrected chi connectivity index (χ1v) is 4.32. The van der Waals surface area contributed by atoms with Crippen molar-refractivity contribution >= 4 is 10.1 Å². The molecule has 1 aliphatic rings. The van der Waals surface area contributed by atoms with E-state index < -0.39 is 10.1 Å². The molecule has 0 saturated carbocycles. The van der Waals surface area contributed by atoms with Gasteiger partial charge in [-0.1, -0.05) is 12.2 Å². The van der Waals surface area contributed by atoms with E-state index in [9.17, 15) is 8.42 Å². The van der Waals surface area contributed by atoms with Gasteiger partial charge in [0.1, 0.15) is 0 Å². The number of rotatable bonds is 1. The molecule has 0 spiro atoms. The molecule has 0 bridgehead atoms. The molecule has 0 unspecified atom stereocenters. The van der Waals surface area contributed by atoms with Crippen molar-refractivity contribution < 1.29 is 13.0 Å². The summed E-state index contributed by atoms with van der Waals surface area (Å²) in [5, 5.41) is 2.18. The summed E-state index contributed by atoms with van der Waals surface area (Å²) in [5.41, 5.74) is 0. The molecule has 60 valence electrons.